The van der Waals surface area contributed by atoms with E-state index in [0.717, 1.165) is 41.7 Å². The second-order valence-electron chi connectivity index (χ2n) is 6.55. The van der Waals surface area contributed by atoms with E-state index in [1.807, 2.05) is 0 Å². The number of fused-ring (bicyclic) bond motifs is 1. The molecule has 27 heavy (non-hydrogen) atoms. The highest BCUT2D eigenvalue weighted by molar-refractivity contribution is 7.16. The zero-order chi connectivity index (χ0) is 19.6. The fraction of sp³-hybridized carbons (Fsp3) is 0.368. The summed E-state index contributed by atoms with van der Waals surface area (Å²) in [5, 5.41) is 24.0. The zero-order valence-electron chi connectivity index (χ0n) is 15.1. The quantitative estimate of drug-likeness (QED) is 0.618. The standard InChI is InChI=1S/C19H19N3O4S/c1-11-7-12(2)18(15(8-11)22(24)25)26-10-17(23)21-19-14(9-20)13-5-3-4-6-16(13)27-19/h7-8H,3-6,10H2,1-2H3,(H,21,23). The third-order valence-electron chi connectivity index (χ3n) is 4.48. The van der Waals surface area contributed by atoms with Gasteiger partial charge in [-0.25, -0.2) is 0 Å². The van der Waals surface area contributed by atoms with E-state index in [9.17, 15) is 20.2 Å². The summed E-state index contributed by atoms with van der Waals surface area (Å²) in [6, 6.07) is 5.37. The van der Waals surface area contributed by atoms with E-state index >= 15 is 0 Å². The number of hydrogen-bond donors (Lipinski definition) is 1. The first-order valence-corrected chi connectivity index (χ1v) is 9.45. The Morgan fingerprint density at radius 1 is 1.37 bits per heavy atom. The number of rotatable bonds is 5. The third kappa shape index (κ3) is 3.93. The van der Waals surface area contributed by atoms with Crippen molar-refractivity contribution in [1.82, 2.24) is 0 Å². The first kappa shape index (κ1) is 18.9. The maximum atomic E-state index is 12.3. The van der Waals surface area contributed by atoms with Gasteiger partial charge in [0.25, 0.3) is 5.91 Å². The van der Waals surface area contributed by atoms with Crippen molar-refractivity contribution in [2.75, 3.05) is 11.9 Å². The zero-order valence-corrected chi connectivity index (χ0v) is 15.9. The fourth-order valence-electron chi connectivity index (χ4n) is 3.33. The fourth-order valence-corrected chi connectivity index (χ4v) is 4.58. The Labute approximate surface area is 160 Å². The van der Waals surface area contributed by atoms with Crippen LogP contribution >= 0.6 is 11.3 Å². The Morgan fingerprint density at radius 3 is 2.81 bits per heavy atom. The molecule has 1 aliphatic carbocycles. The summed E-state index contributed by atoms with van der Waals surface area (Å²) < 4.78 is 5.46. The van der Waals surface area contributed by atoms with E-state index in [1.165, 1.54) is 17.4 Å². The van der Waals surface area contributed by atoms with Crippen LogP contribution in [-0.4, -0.2) is 17.4 Å². The van der Waals surface area contributed by atoms with Crippen LogP contribution in [0.1, 0.15) is 40.0 Å². The number of ether oxygens (including phenoxy) is 1. The van der Waals surface area contributed by atoms with Gasteiger partial charge in [-0.2, -0.15) is 5.26 Å². The third-order valence-corrected chi connectivity index (χ3v) is 5.69. The molecule has 0 bridgehead atoms. The van der Waals surface area contributed by atoms with E-state index in [0.29, 0.717) is 16.1 Å². The predicted octanol–water partition coefficient (Wildman–Crippen LogP) is 4.04. The van der Waals surface area contributed by atoms with Crippen LogP contribution in [-0.2, 0) is 17.6 Å². The number of nitro groups is 1. The molecule has 0 aliphatic heterocycles. The summed E-state index contributed by atoms with van der Waals surface area (Å²) in [6.07, 6.45) is 3.92. The van der Waals surface area contributed by atoms with Gasteiger partial charge in [-0.3, -0.25) is 14.9 Å². The molecule has 0 saturated heterocycles. The number of amides is 1. The van der Waals surface area contributed by atoms with Gasteiger partial charge in [0.05, 0.1) is 10.5 Å². The Kier molecular flexibility index (Phi) is 5.42. The largest absolute Gasteiger partial charge is 0.477 e. The van der Waals surface area contributed by atoms with Crippen LogP contribution in [0.15, 0.2) is 12.1 Å². The van der Waals surface area contributed by atoms with Crippen LogP contribution in [0.4, 0.5) is 10.7 Å². The van der Waals surface area contributed by atoms with Gasteiger partial charge < -0.3 is 10.1 Å². The van der Waals surface area contributed by atoms with Crippen molar-refractivity contribution >= 4 is 27.9 Å². The lowest BCUT2D eigenvalue weighted by Gasteiger charge is -2.10. The van der Waals surface area contributed by atoms with Gasteiger partial charge >= 0.3 is 5.69 Å². The molecular weight excluding hydrogens is 366 g/mol. The van der Waals surface area contributed by atoms with Crippen molar-refractivity contribution in [2.45, 2.75) is 39.5 Å². The van der Waals surface area contributed by atoms with E-state index in [2.05, 4.69) is 11.4 Å². The average molecular weight is 385 g/mol. The minimum Gasteiger partial charge on any atom is -0.477 e. The summed E-state index contributed by atoms with van der Waals surface area (Å²) in [4.78, 5) is 24.2. The molecule has 1 N–H and O–H groups in total. The summed E-state index contributed by atoms with van der Waals surface area (Å²) in [5.41, 5.74) is 2.75. The Balaban J connectivity index is 1.74. The van der Waals surface area contributed by atoms with Crippen LogP contribution in [0.5, 0.6) is 5.75 Å². The molecule has 0 unspecified atom stereocenters. The van der Waals surface area contributed by atoms with Gasteiger partial charge in [-0.05, 0) is 56.2 Å². The van der Waals surface area contributed by atoms with Crippen LogP contribution in [0, 0.1) is 35.3 Å². The highest BCUT2D eigenvalue weighted by Gasteiger charge is 2.23. The molecule has 1 aromatic carbocycles. The number of thiophene rings is 1. The van der Waals surface area contributed by atoms with Gasteiger partial charge in [0.1, 0.15) is 11.1 Å². The number of nitro benzene ring substituents is 1. The molecule has 140 valence electrons. The van der Waals surface area contributed by atoms with Gasteiger partial charge in [0.15, 0.2) is 6.61 Å². The second-order valence-corrected chi connectivity index (χ2v) is 7.66. The number of hydrogen-bond acceptors (Lipinski definition) is 6. The van der Waals surface area contributed by atoms with E-state index in [-0.39, 0.29) is 18.0 Å². The van der Waals surface area contributed by atoms with E-state index in [1.54, 1.807) is 19.9 Å². The summed E-state index contributed by atoms with van der Waals surface area (Å²) in [6.45, 7) is 3.10. The van der Waals surface area contributed by atoms with E-state index in [4.69, 9.17) is 4.74 Å². The lowest BCUT2D eigenvalue weighted by molar-refractivity contribution is -0.385. The van der Waals surface area contributed by atoms with Crippen LogP contribution in [0.25, 0.3) is 0 Å². The average Bonchev–Trinajstić information content (AvgIpc) is 2.97. The molecule has 0 atom stereocenters. The van der Waals surface area contributed by atoms with Crippen molar-refractivity contribution in [3.8, 4) is 11.8 Å². The number of nitriles is 1. The molecule has 2 aromatic rings. The molecule has 1 heterocycles. The maximum Gasteiger partial charge on any atom is 0.311 e. The molecule has 1 aromatic heterocycles. The molecule has 0 radical (unpaired) electrons. The van der Waals surface area contributed by atoms with Gasteiger partial charge in [-0.15, -0.1) is 11.3 Å². The Hall–Kier alpha value is -2.92. The minimum absolute atomic E-state index is 0.0896. The number of nitrogens with zero attached hydrogens (tertiary/aromatic N) is 2. The number of nitrogens with one attached hydrogen (secondary N) is 1. The summed E-state index contributed by atoms with van der Waals surface area (Å²) in [5.74, 6) is -0.355. The number of anilines is 1. The minimum atomic E-state index is -0.519. The molecule has 0 fully saturated rings. The number of aryl methyl sites for hydroxylation is 3. The summed E-state index contributed by atoms with van der Waals surface area (Å²) >= 11 is 1.43. The normalized spacial score (nSPS) is 12.8. The van der Waals surface area contributed by atoms with Crippen molar-refractivity contribution < 1.29 is 14.5 Å². The number of carbonyl (C=O) groups is 1. The number of carbonyl (C=O) groups excluding carboxylic acids is 1. The monoisotopic (exact) mass is 385 g/mol. The maximum absolute atomic E-state index is 12.3. The smallest absolute Gasteiger partial charge is 0.311 e. The molecule has 7 nitrogen and oxygen atoms in total. The van der Waals surface area contributed by atoms with Gasteiger partial charge in [-0.1, -0.05) is 6.07 Å². The number of benzene rings is 1. The highest BCUT2D eigenvalue weighted by Crippen LogP contribution is 2.37. The first-order valence-electron chi connectivity index (χ1n) is 8.63. The van der Waals surface area contributed by atoms with Crippen molar-refractivity contribution in [1.29, 1.82) is 5.26 Å². The van der Waals surface area contributed by atoms with Gasteiger partial charge in [0, 0.05) is 10.9 Å². The first-order chi connectivity index (χ1) is 12.9. The van der Waals surface area contributed by atoms with Crippen LogP contribution < -0.4 is 10.1 Å². The van der Waals surface area contributed by atoms with Gasteiger partial charge in [0.2, 0.25) is 5.75 Å². The molecule has 1 aliphatic rings. The molecule has 3 rings (SSSR count). The van der Waals surface area contributed by atoms with E-state index < -0.39 is 10.8 Å². The molecular formula is C19H19N3O4S. The molecule has 8 heteroatoms. The SMILES string of the molecule is Cc1cc(C)c(OCC(=O)Nc2sc3c(c2C#N)CCCC3)c([N+](=O)[O-])c1. The van der Waals surface area contributed by atoms with Crippen LogP contribution in [0.3, 0.4) is 0 Å². The van der Waals surface area contributed by atoms with Crippen molar-refractivity contribution in [3.05, 3.63) is 49.4 Å². The lowest BCUT2D eigenvalue weighted by atomic mass is 9.96. The predicted molar refractivity (Wildman–Crippen MR) is 102 cm³/mol. The molecule has 0 spiro atoms. The summed E-state index contributed by atoms with van der Waals surface area (Å²) in [7, 11) is 0. The Morgan fingerprint density at radius 2 is 2.11 bits per heavy atom. The highest BCUT2D eigenvalue weighted by atomic mass is 32.1. The van der Waals surface area contributed by atoms with Crippen molar-refractivity contribution in [2.24, 2.45) is 0 Å². The molecule has 0 saturated carbocycles. The van der Waals surface area contributed by atoms with Crippen molar-refractivity contribution in [3.63, 3.8) is 0 Å². The Bertz CT molecular complexity index is 959. The van der Waals surface area contributed by atoms with Crippen LogP contribution in [0.2, 0.25) is 0 Å². The lowest BCUT2D eigenvalue weighted by Crippen LogP contribution is -2.20. The topological polar surface area (TPSA) is 105 Å². The second kappa shape index (κ2) is 7.76. The molecule has 1 amide bonds.